The van der Waals surface area contributed by atoms with Gasteiger partial charge >= 0.3 is 0 Å². The number of rotatable bonds is 5. The molecule has 1 aromatic rings. The minimum atomic E-state index is -3.58. The number of β-amino-alcohol motifs (C(OH)–C–C–N with tert-alkyl or cyclic N) is 1. The summed E-state index contributed by atoms with van der Waals surface area (Å²) in [5.74, 6) is 0. The molecule has 0 bridgehead atoms. The first kappa shape index (κ1) is 16.7. The number of hydrogen-bond donors (Lipinski definition) is 2. The van der Waals surface area contributed by atoms with E-state index in [9.17, 15) is 8.42 Å². The summed E-state index contributed by atoms with van der Waals surface area (Å²) in [7, 11) is -3.58. The summed E-state index contributed by atoms with van der Waals surface area (Å²) in [6.07, 6.45) is 0. The van der Waals surface area contributed by atoms with Crippen LogP contribution in [0.25, 0.3) is 0 Å². The highest BCUT2D eigenvalue weighted by atomic mass is 35.5. The van der Waals surface area contributed by atoms with Crippen LogP contribution in [0.1, 0.15) is 5.56 Å². The van der Waals surface area contributed by atoms with Crippen LogP contribution in [0, 0.1) is 0 Å². The van der Waals surface area contributed by atoms with Crippen LogP contribution in [0.3, 0.4) is 0 Å². The van der Waals surface area contributed by atoms with Crippen molar-refractivity contribution in [2.75, 3.05) is 39.3 Å². The maximum Gasteiger partial charge on any atom is 0.244 e. The van der Waals surface area contributed by atoms with Crippen LogP contribution in [0.15, 0.2) is 23.1 Å². The van der Waals surface area contributed by atoms with Crippen molar-refractivity contribution in [1.29, 1.82) is 0 Å². The van der Waals surface area contributed by atoms with Crippen LogP contribution < -0.4 is 5.73 Å². The van der Waals surface area contributed by atoms with Gasteiger partial charge in [0, 0.05) is 39.3 Å². The van der Waals surface area contributed by atoms with Crippen molar-refractivity contribution < 1.29 is 13.5 Å². The number of sulfonamides is 1. The summed E-state index contributed by atoms with van der Waals surface area (Å²) in [5, 5.41) is 9.11. The largest absolute Gasteiger partial charge is 0.395 e. The second-order valence-corrected chi connectivity index (χ2v) is 7.25. The Morgan fingerprint density at radius 2 is 1.90 bits per heavy atom. The lowest BCUT2D eigenvalue weighted by Gasteiger charge is -2.33. The molecule has 1 fully saturated rings. The van der Waals surface area contributed by atoms with Crippen molar-refractivity contribution >= 4 is 21.6 Å². The lowest BCUT2D eigenvalue weighted by Crippen LogP contribution is -2.49. The fourth-order valence-electron chi connectivity index (χ4n) is 2.35. The zero-order valence-electron chi connectivity index (χ0n) is 11.7. The number of hydrogen-bond acceptors (Lipinski definition) is 5. The van der Waals surface area contributed by atoms with Crippen molar-refractivity contribution in [1.82, 2.24) is 9.21 Å². The summed E-state index contributed by atoms with van der Waals surface area (Å²) >= 11 is 6.09. The topological polar surface area (TPSA) is 86.9 Å². The van der Waals surface area contributed by atoms with Crippen LogP contribution in [-0.4, -0.2) is 62.1 Å². The Hall–Kier alpha value is -0.700. The van der Waals surface area contributed by atoms with Gasteiger partial charge in [-0.2, -0.15) is 4.31 Å². The quantitative estimate of drug-likeness (QED) is 0.798. The van der Waals surface area contributed by atoms with Gasteiger partial charge in [0.25, 0.3) is 0 Å². The molecule has 0 aliphatic carbocycles. The predicted molar refractivity (Wildman–Crippen MR) is 81.6 cm³/mol. The van der Waals surface area contributed by atoms with Gasteiger partial charge in [-0.15, -0.1) is 0 Å². The van der Waals surface area contributed by atoms with Crippen LogP contribution in [0.5, 0.6) is 0 Å². The van der Waals surface area contributed by atoms with Crippen molar-refractivity contribution in [3.8, 4) is 0 Å². The fourth-order valence-corrected chi connectivity index (χ4v) is 4.32. The Morgan fingerprint density at radius 3 is 2.43 bits per heavy atom. The standard InChI is InChI=1S/C13H20ClN3O3S/c14-12-9-11(10-15)1-2-13(12)21(19,20)17-5-3-16(4-6-17)7-8-18/h1-2,9,18H,3-8,10,15H2. The lowest BCUT2D eigenvalue weighted by atomic mass is 10.2. The molecule has 21 heavy (non-hydrogen) atoms. The molecule has 1 aromatic carbocycles. The molecule has 0 unspecified atom stereocenters. The molecular formula is C13H20ClN3O3S. The maximum atomic E-state index is 12.6. The number of halogens is 1. The van der Waals surface area contributed by atoms with Crippen LogP contribution in [-0.2, 0) is 16.6 Å². The highest BCUT2D eigenvalue weighted by molar-refractivity contribution is 7.89. The molecule has 0 aromatic heterocycles. The monoisotopic (exact) mass is 333 g/mol. The molecule has 0 amide bonds. The van der Waals surface area contributed by atoms with Crippen LogP contribution in [0.4, 0.5) is 0 Å². The van der Waals surface area contributed by atoms with Gasteiger partial charge in [-0.1, -0.05) is 17.7 Å². The molecule has 0 saturated carbocycles. The van der Waals surface area contributed by atoms with Crippen LogP contribution >= 0.6 is 11.6 Å². The van der Waals surface area contributed by atoms with Crippen LogP contribution in [0.2, 0.25) is 5.02 Å². The summed E-state index contributed by atoms with van der Waals surface area (Å²) in [5.41, 5.74) is 6.32. The molecule has 2 rings (SSSR count). The molecular weight excluding hydrogens is 314 g/mol. The number of aliphatic hydroxyl groups excluding tert-OH is 1. The number of piperazine rings is 1. The van der Waals surface area contributed by atoms with Crippen molar-refractivity contribution in [2.45, 2.75) is 11.4 Å². The van der Waals surface area contributed by atoms with Gasteiger partial charge in [0.2, 0.25) is 10.0 Å². The molecule has 1 heterocycles. The van der Waals surface area contributed by atoms with Gasteiger partial charge in [-0.25, -0.2) is 8.42 Å². The minimum Gasteiger partial charge on any atom is -0.395 e. The first-order valence-electron chi connectivity index (χ1n) is 6.81. The third kappa shape index (κ3) is 3.74. The first-order chi connectivity index (χ1) is 9.98. The van der Waals surface area contributed by atoms with Gasteiger partial charge in [-0.3, -0.25) is 4.90 Å². The average Bonchev–Trinajstić information content (AvgIpc) is 2.47. The predicted octanol–water partition coefficient (Wildman–Crippen LogP) is 0.0973. The Kier molecular flexibility index (Phi) is 5.59. The summed E-state index contributed by atoms with van der Waals surface area (Å²) in [6, 6.07) is 4.79. The molecule has 6 nitrogen and oxygen atoms in total. The highest BCUT2D eigenvalue weighted by Gasteiger charge is 2.29. The van der Waals surface area contributed by atoms with Crippen molar-refractivity contribution in [2.24, 2.45) is 5.73 Å². The third-order valence-electron chi connectivity index (χ3n) is 3.60. The lowest BCUT2D eigenvalue weighted by molar-refractivity contribution is 0.151. The smallest absolute Gasteiger partial charge is 0.244 e. The Labute approximate surface area is 130 Å². The van der Waals surface area contributed by atoms with E-state index in [0.717, 1.165) is 5.56 Å². The normalized spacial score (nSPS) is 18.0. The van der Waals surface area contributed by atoms with E-state index in [2.05, 4.69) is 0 Å². The second kappa shape index (κ2) is 7.04. The van der Waals surface area contributed by atoms with E-state index in [0.29, 0.717) is 39.3 Å². The Balaban J connectivity index is 2.16. The van der Waals surface area contributed by atoms with Gasteiger partial charge in [0.1, 0.15) is 4.90 Å². The van der Waals surface area contributed by atoms with Gasteiger partial charge in [-0.05, 0) is 17.7 Å². The fraction of sp³-hybridized carbons (Fsp3) is 0.538. The zero-order valence-corrected chi connectivity index (χ0v) is 13.3. The molecule has 1 saturated heterocycles. The number of nitrogens with zero attached hydrogens (tertiary/aromatic N) is 2. The molecule has 118 valence electrons. The van der Waals surface area contributed by atoms with E-state index in [1.807, 2.05) is 4.90 Å². The van der Waals surface area contributed by atoms with E-state index < -0.39 is 10.0 Å². The molecule has 0 spiro atoms. The molecule has 1 aliphatic rings. The molecule has 3 N–H and O–H groups in total. The molecule has 8 heteroatoms. The molecule has 0 atom stereocenters. The van der Waals surface area contributed by atoms with E-state index in [1.165, 1.54) is 10.4 Å². The number of benzene rings is 1. The maximum absolute atomic E-state index is 12.6. The number of aliphatic hydroxyl groups is 1. The van der Waals surface area contributed by atoms with Crippen molar-refractivity contribution in [3.63, 3.8) is 0 Å². The number of nitrogens with two attached hydrogens (primary N) is 1. The third-order valence-corrected chi connectivity index (χ3v) is 5.98. The van der Waals surface area contributed by atoms with E-state index in [-0.39, 0.29) is 16.5 Å². The van der Waals surface area contributed by atoms with E-state index >= 15 is 0 Å². The summed E-state index contributed by atoms with van der Waals surface area (Å²) < 4.78 is 26.7. The SMILES string of the molecule is NCc1ccc(S(=O)(=O)N2CCN(CCO)CC2)c(Cl)c1. The molecule has 0 radical (unpaired) electrons. The summed E-state index contributed by atoms with van der Waals surface area (Å²) in [4.78, 5) is 2.16. The molecule has 1 aliphatic heterocycles. The second-order valence-electron chi connectivity index (χ2n) is 4.94. The van der Waals surface area contributed by atoms with Crippen molar-refractivity contribution in [3.05, 3.63) is 28.8 Å². The Morgan fingerprint density at radius 1 is 1.24 bits per heavy atom. The van der Waals surface area contributed by atoms with Gasteiger partial charge in [0.15, 0.2) is 0 Å². The highest BCUT2D eigenvalue weighted by Crippen LogP contribution is 2.26. The zero-order chi connectivity index (χ0) is 15.5. The van der Waals surface area contributed by atoms with E-state index in [4.69, 9.17) is 22.4 Å². The average molecular weight is 334 g/mol. The van der Waals surface area contributed by atoms with Gasteiger partial charge < -0.3 is 10.8 Å². The minimum absolute atomic E-state index is 0.0825. The van der Waals surface area contributed by atoms with E-state index in [1.54, 1.807) is 12.1 Å². The van der Waals surface area contributed by atoms with Gasteiger partial charge in [0.05, 0.1) is 11.6 Å². The summed E-state index contributed by atoms with van der Waals surface area (Å²) in [6.45, 7) is 2.99. The Bertz CT molecular complexity index is 586. The first-order valence-corrected chi connectivity index (χ1v) is 8.62.